The Hall–Kier alpha value is -4.32. The number of carbonyl (C=O) groups is 3. The number of esters is 1. The van der Waals surface area contributed by atoms with Crippen LogP contribution in [0, 0.1) is 24.0 Å². The number of aromatic nitrogens is 2. The molecule has 1 heterocycles. The molecule has 1 aromatic heterocycles. The average Bonchev–Trinajstić information content (AvgIpc) is 2.85. The van der Waals surface area contributed by atoms with Crippen LogP contribution in [0.2, 0.25) is 0 Å². The summed E-state index contributed by atoms with van der Waals surface area (Å²) in [7, 11) is 1.42. The summed E-state index contributed by atoms with van der Waals surface area (Å²) in [5.41, 5.74) is 1.70. The highest BCUT2D eigenvalue weighted by atomic mass is 32.2. The van der Waals surface area contributed by atoms with Gasteiger partial charge in [-0.25, -0.2) is 14.8 Å². The summed E-state index contributed by atoms with van der Waals surface area (Å²) in [5, 5.41) is 14.0. The minimum Gasteiger partial charge on any atom is -0.495 e. The Morgan fingerprint density at radius 1 is 1.03 bits per heavy atom. The van der Waals surface area contributed by atoms with E-state index in [2.05, 4.69) is 15.3 Å². The molecule has 0 unspecified atom stereocenters. The molecule has 0 spiro atoms. The molecule has 3 aromatic rings. The minimum atomic E-state index is -0.815. The van der Waals surface area contributed by atoms with E-state index >= 15 is 0 Å². The lowest BCUT2D eigenvalue weighted by Crippen LogP contribution is -2.17. The molecule has 12 heteroatoms. The molecule has 0 radical (unpaired) electrons. The molecule has 36 heavy (non-hydrogen) atoms. The van der Waals surface area contributed by atoms with Crippen molar-refractivity contribution in [1.82, 2.24) is 9.97 Å². The van der Waals surface area contributed by atoms with Crippen molar-refractivity contribution in [1.29, 1.82) is 0 Å². The first kappa shape index (κ1) is 26.3. The Kier molecular flexibility index (Phi) is 8.68. The number of non-ortho nitro benzene ring substituents is 1. The van der Waals surface area contributed by atoms with Gasteiger partial charge in [0.15, 0.2) is 11.8 Å². The van der Waals surface area contributed by atoms with Crippen molar-refractivity contribution in [2.24, 2.45) is 0 Å². The molecule has 0 bridgehead atoms. The van der Waals surface area contributed by atoms with Crippen LogP contribution in [0.4, 0.5) is 11.4 Å². The van der Waals surface area contributed by atoms with Crippen molar-refractivity contribution in [3.05, 3.63) is 81.2 Å². The molecule has 1 N–H and O–H groups in total. The first-order chi connectivity index (χ1) is 17.2. The molecular formula is C24H22N4O7S. The first-order valence-electron chi connectivity index (χ1n) is 10.5. The molecule has 0 aliphatic rings. The number of carbonyl (C=O) groups excluding carboxylic acids is 3. The van der Waals surface area contributed by atoms with Gasteiger partial charge in [-0.2, -0.15) is 0 Å². The lowest BCUT2D eigenvalue weighted by Gasteiger charge is -2.12. The molecule has 11 nitrogen and oxygen atoms in total. The van der Waals surface area contributed by atoms with Gasteiger partial charge in [0.05, 0.1) is 29.0 Å². The van der Waals surface area contributed by atoms with Gasteiger partial charge in [0, 0.05) is 29.1 Å². The van der Waals surface area contributed by atoms with Gasteiger partial charge in [0.25, 0.3) is 5.69 Å². The van der Waals surface area contributed by atoms with Crippen LogP contribution in [0.15, 0.2) is 53.7 Å². The Morgan fingerprint density at radius 2 is 1.75 bits per heavy atom. The topological polar surface area (TPSA) is 151 Å². The number of ketones is 1. The summed E-state index contributed by atoms with van der Waals surface area (Å²) in [4.78, 5) is 56.1. The fourth-order valence-electron chi connectivity index (χ4n) is 3.10. The monoisotopic (exact) mass is 510 g/mol. The van der Waals surface area contributed by atoms with E-state index in [0.717, 1.165) is 17.5 Å². The highest BCUT2D eigenvalue weighted by molar-refractivity contribution is 7.99. The number of amides is 1. The normalized spacial score (nSPS) is 10.4. The lowest BCUT2D eigenvalue weighted by atomic mass is 10.1. The number of Topliss-reactive ketones (excluding diaryl/α,β-unsaturated/α-hetero) is 1. The van der Waals surface area contributed by atoms with E-state index in [0.29, 0.717) is 10.9 Å². The molecule has 0 aliphatic carbocycles. The van der Waals surface area contributed by atoms with Crippen LogP contribution >= 0.6 is 11.8 Å². The number of hydrogen-bond acceptors (Lipinski definition) is 10. The van der Waals surface area contributed by atoms with E-state index in [1.165, 1.54) is 55.3 Å². The van der Waals surface area contributed by atoms with E-state index in [9.17, 15) is 24.5 Å². The van der Waals surface area contributed by atoms with Crippen LogP contribution in [0.25, 0.3) is 0 Å². The zero-order chi connectivity index (χ0) is 26.2. The molecule has 0 saturated heterocycles. The van der Waals surface area contributed by atoms with Gasteiger partial charge in [0.1, 0.15) is 5.75 Å². The summed E-state index contributed by atoms with van der Waals surface area (Å²) >= 11 is 1.17. The van der Waals surface area contributed by atoms with Crippen molar-refractivity contribution in [3.8, 4) is 5.75 Å². The third-order valence-electron chi connectivity index (χ3n) is 4.72. The number of hydrogen-bond donors (Lipinski definition) is 1. The third kappa shape index (κ3) is 7.09. The molecule has 1 amide bonds. The maximum atomic E-state index is 12.5. The molecule has 2 aromatic carbocycles. The van der Waals surface area contributed by atoms with Gasteiger partial charge >= 0.3 is 5.97 Å². The molecule has 0 atom stereocenters. The Morgan fingerprint density at radius 3 is 2.42 bits per heavy atom. The molecule has 0 fully saturated rings. The zero-order valence-corrected chi connectivity index (χ0v) is 20.5. The van der Waals surface area contributed by atoms with Crippen LogP contribution in [0.5, 0.6) is 5.75 Å². The summed E-state index contributed by atoms with van der Waals surface area (Å²) < 4.78 is 10.3. The molecule has 3 rings (SSSR count). The number of nitrogens with one attached hydrogen (secondary N) is 1. The summed E-state index contributed by atoms with van der Waals surface area (Å²) in [6.07, 6.45) is 0. The van der Waals surface area contributed by atoms with E-state index in [1.807, 2.05) is 19.9 Å². The summed E-state index contributed by atoms with van der Waals surface area (Å²) in [6, 6.07) is 11.2. The first-order valence-corrected chi connectivity index (χ1v) is 11.5. The number of nitro groups is 1. The predicted molar refractivity (Wildman–Crippen MR) is 132 cm³/mol. The second-order valence-corrected chi connectivity index (χ2v) is 8.43. The highest BCUT2D eigenvalue weighted by Crippen LogP contribution is 2.26. The Labute approximate surface area is 210 Å². The van der Waals surface area contributed by atoms with E-state index < -0.39 is 23.3 Å². The van der Waals surface area contributed by atoms with Crippen LogP contribution in [-0.4, -0.2) is 52.0 Å². The van der Waals surface area contributed by atoms with Crippen molar-refractivity contribution < 1.29 is 28.8 Å². The number of methoxy groups -OCH3 is 1. The van der Waals surface area contributed by atoms with Crippen LogP contribution in [0.3, 0.4) is 0 Å². The van der Waals surface area contributed by atoms with Gasteiger partial charge in [-0.15, -0.1) is 0 Å². The minimum absolute atomic E-state index is 0.0262. The number of ether oxygens (including phenoxy) is 2. The van der Waals surface area contributed by atoms with Crippen molar-refractivity contribution in [3.63, 3.8) is 0 Å². The van der Waals surface area contributed by atoms with Crippen LogP contribution < -0.4 is 10.1 Å². The number of nitrogens with zero attached hydrogens (tertiary/aromatic N) is 3. The number of rotatable bonds is 10. The lowest BCUT2D eigenvalue weighted by molar-refractivity contribution is -0.384. The molecule has 0 aliphatic heterocycles. The number of aryl methyl sites for hydroxylation is 2. The van der Waals surface area contributed by atoms with Gasteiger partial charge < -0.3 is 14.8 Å². The van der Waals surface area contributed by atoms with Gasteiger partial charge in [-0.05, 0) is 38.1 Å². The summed E-state index contributed by atoms with van der Waals surface area (Å²) in [5.74, 6) is -1.43. The quantitative estimate of drug-likeness (QED) is 0.107. The standard InChI is InChI=1S/C24H22N4O7S/c1-14-9-15(2)26-24(25-14)36-13-22(30)27-19-11-17(7-8-21(19)34-3)23(31)35-12-20(29)16-5-4-6-18(10-16)28(32)33/h4-11H,12-13H2,1-3H3,(H,27,30). The SMILES string of the molecule is COc1ccc(C(=O)OCC(=O)c2cccc([N+](=O)[O-])c2)cc1NC(=O)CSc1nc(C)cc(C)n1. The zero-order valence-electron chi connectivity index (χ0n) is 19.6. The smallest absolute Gasteiger partial charge is 0.338 e. The van der Waals surface area contributed by atoms with Crippen LogP contribution in [-0.2, 0) is 9.53 Å². The van der Waals surface area contributed by atoms with Crippen LogP contribution in [0.1, 0.15) is 32.1 Å². The van der Waals surface area contributed by atoms with Gasteiger partial charge in [-0.3, -0.25) is 19.7 Å². The van der Waals surface area contributed by atoms with Gasteiger partial charge in [-0.1, -0.05) is 23.9 Å². The largest absolute Gasteiger partial charge is 0.495 e. The van der Waals surface area contributed by atoms with Crippen molar-refractivity contribution in [2.75, 3.05) is 24.8 Å². The number of nitro benzene ring substituents is 1. The fourth-order valence-corrected chi connectivity index (χ4v) is 3.85. The maximum absolute atomic E-state index is 12.5. The van der Waals surface area contributed by atoms with Gasteiger partial charge in [0.2, 0.25) is 11.7 Å². The van der Waals surface area contributed by atoms with E-state index in [4.69, 9.17) is 9.47 Å². The Balaban J connectivity index is 1.63. The fraction of sp³-hybridized carbons (Fsp3) is 0.208. The highest BCUT2D eigenvalue weighted by Gasteiger charge is 2.17. The third-order valence-corrected chi connectivity index (χ3v) is 5.56. The number of anilines is 1. The molecule has 186 valence electrons. The summed E-state index contributed by atoms with van der Waals surface area (Å²) in [6.45, 7) is 3.07. The molecular weight excluding hydrogens is 488 g/mol. The number of benzene rings is 2. The van der Waals surface area contributed by atoms with E-state index in [1.54, 1.807) is 0 Å². The second kappa shape index (κ2) is 11.9. The second-order valence-electron chi connectivity index (χ2n) is 7.49. The number of thioether (sulfide) groups is 1. The Bertz CT molecular complexity index is 1310. The van der Waals surface area contributed by atoms with Crippen molar-refractivity contribution >= 4 is 40.8 Å². The predicted octanol–water partition coefficient (Wildman–Crippen LogP) is 3.78. The average molecular weight is 511 g/mol. The van der Waals surface area contributed by atoms with E-state index in [-0.39, 0.29) is 34.2 Å². The van der Waals surface area contributed by atoms with Crippen molar-refractivity contribution in [2.45, 2.75) is 19.0 Å². The maximum Gasteiger partial charge on any atom is 0.338 e. The molecule has 0 saturated carbocycles.